The third kappa shape index (κ3) is 3.77. The van der Waals surface area contributed by atoms with Crippen LogP contribution in [0.15, 0.2) is 54.6 Å². The summed E-state index contributed by atoms with van der Waals surface area (Å²) in [4.78, 5) is 0. The molecule has 0 unspecified atom stereocenters. The topological polar surface area (TPSA) is 18.5 Å². The van der Waals surface area contributed by atoms with Gasteiger partial charge in [-0.3, -0.25) is 0 Å². The van der Waals surface area contributed by atoms with E-state index in [1.807, 2.05) is 54.6 Å². The third-order valence-electron chi connectivity index (χ3n) is 2.36. The lowest BCUT2D eigenvalue weighted by Gasteiger charge is -2.11. The molecule has 0 amide bonds. The second-order valence-electron chi connectivity index (χ2n) is 3.75. The first-order valence-electron chi connectivity index (χ1n) is 5.91. The molecule has 0 saturated carbocycles. The smallest absolute Gasteiger partial charge is 0.169 e. The van der Waals surface area contributed by atoms with E-state index in [1.54, 1.807) is 0 Å². The van der Waals surface area contributed by atoms with Crippen LogP contribution >= 0.6 is 15.9 Å². The van der Waals surface area contributed by atoms with E-state index in [4.69, 9.17) is 9.47 Å². The number of rotatable bonds is 6. The van der Waals surface area contributed by atoms with Crippen molar-refractivity contribution < 1.29 is 9.47 Å². The Morgan fingerprint density at radius 1 is 0.833 bits per heavy atom. The first kappa shape index (κ1) is 13.0. The number of ether oxygens (including phenoxy) is 2. The first-order valence-corrected chi connectivity index (χ1v) is 7.03. The molecule has 0 heterocycles. The summed E-state index contributed by atoms with van der Waals surface area (Å²) in [6, 6.07) is 17.4. The molecule has 0 N–H and O–H groups in total. The van der Waals surface area contributed by atoms with Gasteiger partial charge >= 0.3 is 0 Å². The van der Waals surface area contributed by atoms with Crippen molar-refractivity contribution in [1.29, 1.82) is 0 Å². The Morgan fingerprint density at radius 3 is 2.22 bits per heavy atom. The lowest BCUT2D eigenvalue weighted by atomic mass is 10.3. The molecule has 3 heteroatoms. The predicted octanol–water partition coefficient (Wildman–Crippen LogP) is 4.64. The zero-order chi connectivity index (χ0) is 12.6. The van der Waals surface area contributed by atoms with Gasteiger partial charge in [-0.15, -0.1) is 0 Å². The molecule has 0 saturated heterocycles. The van der Waals surface area contributed by atoms with Crippen LogP contribution in [0.3, 0.4) is 0 Å². The summed E-state index contributed by atoms with van der Waals surface area (Å²) < 4.78 is 11.5. The minimum Gasteiger partial charge on any atom is -0.490 e. The van der Waals surface area contributed by atoms with Crippen LogP contribution in [0.5, 0.6) is 17.2 Å². The Labute approximate surface area is 116 Å². The standard InChI is InChI=1S/C15H15BrO2/c16-11-6-12-17-14-9-4-5-10-15(14)18-13-7-2-1-3-8-13/h1-5,7-10H,6,11-12H2. The van der Waals surface area contributed by atoms with E-state index < -0.39 is 0 Å². The van der Waals surface area contributed by atoms with Gasteiger partial charge in [0, 0.05) is 5.33 Å². The Bertz CT molecular complexity index is 471. The molecule has 2 rings (SSSR count). The average molecular weight is 307 g/mol. The molecule has 0 radical (unpaired) electrons. The molecule has 0 spiro atoms. The molecule has 0 aliphatic carbocycles. The molecule has 2 aromatic rings. The number of para-hydroxylation sites is 3. The van der Waals surface area contributed by atoms with Crippen LogP contribution in [0, 0.1) is 0 Å². The van der Waals surface area contributed by atoms with Crippen LogP contribution in [0.25, 0.3) is 0 Å². The molecule has 0 atom stereocenters. The number of hydrogen-bond acceptors (Lipinski definition) is 2. The number of benzene rings is 2. The van der Waals surface area contributed by atoms with Crippen LogP contribution in [0.2, 0.25) is 0 Å². The molecule has 0 bridgehead atoms. The summed E-state index contributed by atoms with van der Waals surface area (Å²) in [6.45, 7) is 0.681. The fraction of sp³-hybridized carbons (Fsp3) is 0.200. The molecular formula is C15H15BrO2. The maximum Gasteiger partial charge on any atom is 0.169 e. The van der Waals surface area contributed by atoms with Crippen molar-refractivity contribution in [3.8, 4) is 17.2 Å². The van der Waals surface area contributed by atoms with E-state index in [0.717, 1.165) is 29.0 Å². The summed E-state index contributed by atoms with van der Waals surface area (Å²) in [6.07, 6.45) is 0.972. The maximum absolute atomic E-state index is 5.80. The van der Waals surface area contributed by atoms with Gasteiger partial charge in [-0.25, -0.2) is 0 Å². The molecular weight excluding hydrogens is 292 g/mol. The molecule has 0 aliphatic heterocycles. The van der Waals surface area contributed by atoms with E-state index in [0.29, 0.717) is 6.61 Å². The Hall–Kier alpha value is -1.48. The lowest BCUT2D eigenvalue weighted by molar-refractivity contribution is 0.303. The second kappa shape index (κ2) is 7.07. The highest BCUT2D eigenvalue weighted by Crippen LogP contribution is 2.31. The normalized spacial score (nSPS) is 10.1. The highest BCUT2D eigenvalue weighted by atomic mass is 79.9. The molecule has 0 aliphatic rings. The van der Waals surface area contributed by atoms with Gasteiger partial charge in [-0.2, -0.15) is 0 Å². The zero-order valence-electron chi connectivity index (χ0n) is 10.0. The maximum atomic E-state index is 5.80. The first-order chi connectivity index (χ1) is 8.90. The molecule has 2 aromatic carbocycles. The van der Waals surface area contributed by atoms with Crippen molar-refractivity contribution in [3.63, 3.8) is 0 Å². The number of halogens is 1. The quantitative estimate of drug-likeness (QED) is 0.571. The number of alkyl halides is 1. The fourth-order valence-corrected chi connectivity index (χ4v) is 1.73. The SMILES string of the molecule is BrCCCOc1ccccc1Oc1ccccc1. The molecule has 0 fully saturated rings. The van der Waals surface area contributed by atoms with E-state index >= 15 is 0 Å². The van der Waals surface area contributed by atoms with Crippen LogP contribution < -0.4 is 9.47 Å². The van der Waals surface area contributed by atoms with Gasteiger partial charge in [0.05, 0.1) is 6.61 Å². The van der Waals surface area contributed by atoms with Crippen LogP contribution in [-0.4, -0.2) is 11.9 Å². The summed E-state index contributed by atoms with van der Waals surface area (Å²) >= 11 is 3.38. The molecule has 94 valence electrons. The number of hydrogen-bond donors (Lipinski definition) is 0. The summed E-state index contributed by atoms with van der Waals surface area (Å²) in [5.41, 5.74) is 0. The van der Waals surface area contributed by atoms with Crippen LogP contribution in [0.4, 0.5) is 0 Å². The van der Waals surface area contributed by atoms with Crippen molar-refractivity contribution >= 4 is 15.9 Å². The molecule has 18 heavy (non-hydrogen) atoms. The van der Waals surface area contributed by atoms with Gasteiger partial charge < -0.3 is 9.47 Å². The largest absolute Gasteiger partial charge is 0.490 e. The van der Waals surface area contributed by atoms with Gasteiger partial charge in [0.15, 0.2) is 11.5 Å². The minimum atomic E-state index is 0.681. The van der Waals surface area contributed by atoms with E-state index in [2.05, 4.69) is 15.9 Å². The Morgan fingerprint density at radius 2 is 1.50 bits per heavy atom. The van der Waals surface area contributed by atoms with Gasteiger partial charge in [-0.1, -0.05) is 46.3 Å². The van der Waals surface area contributed by atoms with Crippen molar-refractivity contribution in [1.82, 2.24) is 0 Å². The monoisotopic (exact) mass is 306 g/mol. The minimum absolute atomic E-state index is 0.681. The van der Waals surface area contributed by atoms with Crippen LogP contribution in [-0.2, 0) is 0 Å². The van der Waals surface area contributed by atoms with Crippen LogP contribution in [0.1, 0.15) is 6.42 Å². The van der Waals surface area contributed by atoms with E-state index in [1.165, 1.54) is 0 Å². The lowest BCUT2D eigenvalue weighted by Crippen LogP contribution is -1.99. The van der Waals surface area contributed by atoms with E-state index in [9.17, 15) is 0 Å². The van der Waals surface area contributed by atoms with Gasteiger partial charge in [0.25, 0.3) is 0 Å². The van der Waals surface area contributed by atoms with Gasteiger partial charge in [-0.05, 0) is 30.7 Å². The Kier molecular flexibility index (Phi) is 5.09. The summed E-state index contributed by atoms with van der Waals surface area (Å²) in [5.74, 6) is 2.34. The molecule has 2 nitrogen and oxygen atoms in total. The molecule has 0 aromatic heterocycles. The van der Waals surface area contributed by atoms with Crippen molar-refractivity contribution in [2.75, 3.05) is 11.9 Å². The predicted molar refractivity (Wildman–Crippen MR) is 76.9 cm³/mol. The third-order valence-corrected chi connectivity index (χ3v) is 2.92. The van der Waals surface area contributed by atoms with Gasteiger partial charge in [0.1, 0.15) is 5.75 Å². The Balaban J connectivity index is 2.07. The van der Waals surface area contributed by atoms with E-state index in [-0.39, 0.29) is 0 Å². The fourth-order valence-electron chi connectivity index (χ4n) is 1.51. The van der Waals surface area contributed by atoms with Crippen molar-refractivity contribution in [3.05, 3.63) is 54.6 Å². The highest BCUT2D eigenvalue weighted by molar-refractivity contribution is 9.09. The second-order valence-corrected chi connectivity index (χ2v) is 4.55. The van der Waals surface area contributed by atoms with Crippen molar-refractivity contribution in [2.24, 2.45) is 0 Å². The van der Waals surface area contributed by atoms with Gasteiger partial charge in [0.2, 0.25) is 0 Å². The zero-order valence-corrected chi connectivity index (χ0v) is 11.6. The average Bonchev–Trinajstić information content (AvgIpc) is 2.42. The summed E-state index contributed by atoms with van der Waals surface area (Å²) in [5, 5.41) is 0.939. The summed E-state index contributed by atoms with van der Waals surface area (Å²) in [7, 11) is 0. The van der Waals surface area contributed by atoms with Crippen molar-refractivity contribution in [2.45, 2.75) is 6.42 Å². The highest BCUT2D eigenvalue weighted by Gasteiger charge is 2.04.